The molecule has 29 heavy (non-hydrogen) atoms. The molecule has 9 nitrogen and oxygen atoms in total. The zero-order valence-corrected chi connectivity index (χ0v) is 17.4. The number of nitrogens with zero attached hydrogens (tertiary/aromatic N) is 1. The van der Waals surface area contributed by atoms with E-state index in [4.69, 9.17) is 4.74 Å². The van der Waals surface area contributed by atoms with Gasteiger partial charge in [-0.15, -0.1) is 0 Å². The third-order valence-electron chi connectivity index (χ3n) is 5.02. The van der Waals surface area contributed by atoms with Gasteiger partial charge in [0.05, 0.1) is 7.11 Å². The van der Waals surface area contributed by atoms with E-state index in [0.717, 1.165) is 11.3 Å². The lowest BCUT2D eigenvalue weighted by Gasteiger charge is -2.22. The van der Waals surface area contributed by atoms with Crippen LogP contribution in [0.15, 0.2) is 24.3 Å². The Hall–Kier alpha value is -3.10. The molecule has 1 fully saturated rings. The van der Waals surface area contributed by atoms with E-state index in [0.29, 0.717) is 11.3 Å². The van der Waals surface area contributed by atoms with Gasteiger partial charge >= 0.3 is 6.03 Å². The van der Waals surface area contributed by atoms with Crippen LogP contribution in [0.25, 0.3) is 0 Å². The third-order valence-corrected chi connectivity index (χ3v) is 5.02. The second-order valence-electron chi connectivity index (χ2n) is 7.28. The van der Waals surface area contributed by atoms with Crippen LogP contribution in [-0.2, 0) is 19.9 Å². The van der Waals surface area contributed by atoms with Crippen molar-refractivity contribution in [2.24, 2.45) is 0 Å². The van der Waals surface area contributed by atoms with Gasteiger partial charge in [0.1, 0.15) is 23.9 Å². The van der Waals surface area contributed by atoms with E-state index < -0.39 is 36.0 Å². The predicted molar refractivity (Wildman–Crippen MR) is 106 cm³/mol. The van der Waals surface area contributed by atoms with Crippen LogP contribution in [-0.4, -0.2) is 54.4 Å². The van der Waals surface area contributed by atoms with Gasteiger partial charge in [0.2, 0.25) is 11.8 Å². The van der Waals surface area contributed by atoms with E-state index in [-0.39, 0.29) is 11.9 Å². The van der Waals surface area contributed by atoms with Crippen molar-refractivity contribution < 1.29 is 23.9 Å². The summed E-state index contributed by atoms with van der Waals surface area (Å²) in [7, 11) is 1.53. The lowest BCUT2D eigenvalue weighted by molar-refractivity contribution is -0.135. The van der Waals surface area contributed by atoms with E-state index in [1.165, 1.54) is 7.11 Å². The topological polar surface area (TPSA) is 117 Å². The van der Waals surface area contributed by atoms with Crippen LogP contribution in [0, 0.1) is 0 Å². The highest BCUT2D eigenvalue weighted by molar-refractivity contribution is 6.09. The second-order valence-corrected chi connectivity index (χ2v) is 7.28. The molecule has 3 atom stereocenters. The molecule has 0 spiro atoms. The first kappa shape index (κ1) is 22.2. The number of ether oxygens (including phenoxy) is 1. The molecule has 158 valence electrons. The van der Waals surface area contributed by atoms with Crippen molar-refractivity contribution in [3.05, 3.63) is 29.8 Å². The van der Waals surface area contributed by atoms with E-state index in [9.17, 15) is 19.2 Å². The highest BCUT2D eigenvalue weighted by atomic mass is 16.5. The average Bonchev–Trinajstić information content (AvgIpc) is 2.91. The molecule has 1 aromatic rings. The number of carbonyl (C=O) groups excluding carboxylic acids is 4. The van der Waals surface area contributed by atoms with Crippen molar-refractivity contribution in [3.8, 4) is 5.75 Å². The maximum atomic E-state index is 12.9. The Bertz CT molecular complexity index is 795. The standard InChI is InChI=1S/C20H28N4O5/c1-6-12(2)21-17(26)13(3)22-16(25)11-24-18(27)20(4,23-19(24)28)14-7-9-15(29-5)10-8-14/h7-10,12-13H,6,11H2,1-5H3,(H,21,26)(H,22,25)(H,23,28). The fourth-order valence-corrected chi connectivity index (χ4v) is 2.93. The second kappa shape index (κ2) is 8.93. The molecule has 3 unspecified atom stereocenters. The molecule has 1 aliphatic heterocycles. The van der Waals surface area contributed by atoms with Crippen molar-refractivity contribution in [1.82, 2.24) is 20.9 Å². The van der Waals surface area contributed by atoms with Gasteiger partial charge in [0.25, 0.3) is 5.91 Å². The minimum absolute atomic E-state index is 0.0157. The summed E-state index contributed by atoms with van der Waals surface area (Å²) >= 11 is 0. The number of hydrogen-bond donors (Lipinski definition) is 3. The van der Waals surface area contributed by atoms with Crippen molar-refractivity contribution in [2.45, 2.75) is 51.7 Å². The van der Waals surface area contributed by atoms with Crippen molar-refractivity contribution in [2.75, 3.05) is 13.7 Å². The number of nitrogens with one attached hydrogen (secondary N) is 3. The fourth-order valence-electron chi connectivity index (χ4n) is 2.93. The van der Waals surface area contributed by atoms with E-state index >= 15 is 0 Å². The molecular weight excluding hydrogens is 376 g/mol. The van der Waals surface area contributed by atoms with Gasteiger partial charge in [0, 0.05) is 6.04 Å². The zero-order valence-electron chi connectivity index (χ0n) is 17.4. The number of carbonyl (C=O) groups is 4. The average molecular weight is 404 g/mol. The van der Waals surface area contributed by atoms with Gasteiger partial charge in [-0.25, -0.2) is 4.79 Å². The molecule has 0 bridgehead atoms. The minimum atomic E-state index is -1.29. The lowest BCUT2D eigenvalue weighted by atomic mass is 9.92. The SMILES string of the molecule is CCC(C)NC(=O)C(C)NC(=O)CN1C(=O)NC(C)(c2ccc(OC)cc2)C1=O. The van der Waals surface area contributed by atoms with Crippen LogP contribution in [0.1, 0.15) is 39.7 Å². The molecule has 5 amide bonds. The molecule has 2 rings (SSSR count). The molecule has 0 aliphatic carbocycles. The molecule has 1 aromatic carbocycles. The van der Waals surface area contributed by atoms with Gasteiger partial charge in [-0.2, -0.15) is 0 Å². The first-order valence-electron chi connectivity index (χ1n) is 9.50. The highest BCUT2D eigenvalue weighted by Crippen LogP contribution is 2.29. The molecule has 9 heteroatoms. The van der Waals surface area contributed by atoms with Gasteiger partial charge in [0.15, 0.2) is 0 Å². The zero-order chi connectivity index (χ0) is 21.8. The van der Waals surface area contributed by atoms with Gasteiger partial charge in [-0.05, 0) is 44.9 Å². The maximum Gasteiger partial charge on any atom is 0.325 e. The highest BCUT2D eigenvalue weighted by Gasteiger charge is 2.49. The number of rotatable bonds is 8. The van der Waals surface area contributed by atoms with Crippen LogP contribution in [0.5, 0.6) is 5.75 Å². The number of benzene rings is 1. The maximum absolute atomic E-state index is 12.9. The summed E-state index contributed by atoms with van der Waals surface area (Å²) in [6.45, 7) is 6.45. The van der Waals surface area contributed by atoms with Gasteiger partial charge in [-0.1, -0.05) is 19.1 Å². The van der Waals surface area contributed by atoms with Crippen LogP contribution in [0.4, 0.5) is 4.79 Å². The molecule has 1 aliphatic rings. The van der Waals surface area contributed by atoms with Crippen molar-refractivity contribution in [3.63, 3.8) is 0 Å². The van der Waals surface area contributed by atoms with Gasteiger partial charge < -0.3 is 20.7 Å². The quantitative estimate of drug-likeness (QED) is 0.556. The van der Waals surface area contributed by atoms with Crippen molar-refractivity contribution >= 4 is 23.8 Å². The smallest absolute Gasteiger partial charge is 0.325 e. The van der Waals surface area contributed by atoms with Gasteiger partial charge in [-0.3, -0.25) is 19.3 Å². The van der Waals surface area contributed by atoms with Crippen LogP contribution in [0.2, 0.25) is 0 Å². The summed E-state index contributed by atoms with van der Waals surface area (Å²) in [5, 5.41) is 7.92. The molecule has 3 N–H and O–H groups in total. The Kier molecular flexibility index (Phi) is 6.84. The molecular formula is C20H28N4O5. The Balaban J connectivity index is 2.03. The number of amides is 5. The molecule has 1 heterocycles. The summed E-state index contributed by atoms with van der Waals surface area (Å²) in [5.74, 6) is -0.846. The summed E-state index contributed by atoms with van der Waals surface area (Å²) in [6, 6.07) is 5.27. The Morgan fingerprint density at radius 2 is 1.79 bits per heavy atom. The normalized spacial score (nSPS) is 20.7. The van der Waals surface area contributed by atoms with Crippen LogP contribution < -0.4 is 20.7 Å². The van der Waals surface area contributed by atoms with E-state index in [2.05, 4.69) is 16.0 Å². The summed E-state index contributed by atoms with van der Waals surface area (Å²) in [6.07, 6.45) is 0.763. The minimum Gasteiger partial charge on any atom is -0.497 e. The Labute approximate surface area is 170 Å². The predicted octanol–water partition coefficient (Wildman–Crippen LogP) is 0.882. The van der Waals surface area contributed by atoms with Crippen LogP contribution >= 0.6 is 0 Å². The number of urea groups is 1. The largest absolute Gasteiger partial charge is 0.497 e. The first-order chi connectivity index (χ1) is 13.6. The number of methoxy groups -OCH3 is 1. The summed E-state index contributed by atoms with van der Waals surface area (Å²) in [4.78, 5) is 50.4. The molecule has 0 aromatic heterocycles. The molecule has 1 saturated heterocycles. The first-order valence-corrected chi connectivity index (χ1v) is 9.50. The Morgan fingerprint density at radius 3 is 2.34 bits per heavy atom. The molecule has 0 saturated carbocycles. The Morgan fingerprint density at radius 1 is 1.17 bits per heavy atom. The fraction of sp³-hybridized carbons (Fsp3) is 0.500. The third kappa shape index (κ3) is 4.85. The van der Waals surface area contributed by atoms with E-state index in [1.807, 2.05) is 13.8 Å². The number of hydrogen-bond acceptors (Lipinski definition) is 5. The monoisotopic (exact) mass is 404 g/mol. The van der Waals surface area contributed by atoms with Crippen LogP contribution in [0.3, 0.4) is 0 Å². The molecule has 0 radical (unpaired) electrons. The van der Waals surface area contributed by atoms with Crippen molar-refractivity contribution in [1.29, 1.82) is 0 Å². The summed E-state index contributed by atoms with van der Waals surface area (Å²) in [5.41, 5.74) is -0.718. The summed E-state index contributed by atoms with van der Waals surface area (Å²) < 4.78 is 5.11. The lowest BCUT2D eigenvalue weighted by Crippen LogP contribution is -2.50. The number of imide groups is 1. The van der Waals surface area contributed by atoms with E-state index in [1.54, 1.807) is 38.1 Å².